The van der Waals surface area contributed by atoms with Gasteiger partial charge in [0, 0.05) is 57.7 Å². The number of hydrogen-bond acceptors (Lipinski definition) is 4. The Morgan fingerprint density at radius 1 is 1.29 bits per heavy atom. The molecule has 0 aliphatic carbocycles. The Morgan fingerprint density at radius 2 is 1.96 bits per heavy atom. The molecule has 1 heterocycles. The molecule has 0 saturated carbocycles. The van der Waals surface area contributed by atoms with E-state index >= 15 is 0 Å². The van der Waals surface area contributed by atoms with Crippen LogP contribution in [0, 0.1) is 6.92 Å². The number of aliphatic hydroxyl groups excluding tert-OH is 1. The second-order valence-corrected chi connectivity index (χ2v) is 6.59. The fraction of sp³-hybridized carbons (Fsp3) is 0.611. The van der Waals surface area contributed by atoms with Crippen molar-refractivity contribution >= 4 is 17.4 Å². The number of carbonyl (C=O) groups is 1. The molecule has 2 amide bonds. The van der Waals surface area contributed by atoms with Gasteiger partial charge in [-0.2, -0.15) is 0 Å². The molecule has 1 unspecified atom stereocenters. The molecule has 1 aliphatic rings. The first-order valence-electron chi connectivity index (χ1n) is 8.65. The van der Waals surface area contributed by atoms with Gasteiger partial charge in [0.2, 0.25) is 0 Å². The van der Waals surface area contributed by atoms with Crippen molar-refractivity contribution in [2.24, 2.45) is 0 Å². The number of nitrogens with zero attached hydrogens (tertiary/aromatic N) is 3. The van der Waals surface area contributed by atoms with E-state index < -0.39 is 0 Å². The highest BCUT2D eigenvalue weighted by Gasteiger charge is 2.25. The molecular weight excluding hydrogens is 304 g/mol. The summed E-state index contributed by atoms with van der Waals surface area (Å²) >= 11 is 0. The highest BCUT2D eigenvalue weighted by atomic mass is 16.3. The molecule has 2 rings (SSSR count). The predicted octanol–water partition coefficient (Wildman–Crippen LogP) is 1.98. The number of nitrogens with one attached hydrogen (secondary N) is 1. The Kier molecular flexibility index (Phi) is 6.45. The third-order valence-corrected chi connectivity index (χ3v) is 4.77. The summed E-state index contributed by atoms with van der Waals surface area (Å²) in [5.74, 6) is 0. The number of rotatable bonds is 5. The second-order valence-electron chi connectivity index (χ2n) is 6.59. The maximum atomic E-state index is 12.5. The smallest absolute Gasteiger partial charge is 0.321 e. The fourth-order valence-electron chi connectivity index (χ4n) is 3.05. The van der Waals surface area contributed by atoms with E-state index in [9.17, 15) is 9.90 Å². The zero-order valence-corrected chi connectivity index (χ0v) is 15.2. The normalized spacial score (nSPS) is 16.8. The zero-order chi connectivity index (χ0) is 17.7. The first-order valence-corrected chi connectivity index (χ1v) is 8.65. The number of urea groups is 1. The van der Waals surface area contributed by atoms with Crippen LogP contribution in [-0.4, -0.2) is 73.9 Å². The highest BCUT2D eigenvalue weighted by Crippen LogP contribution is 2.22. The van der Waals surface area contributed by atoms with Gasteiger partial charge in [0.1, 0.15) is 0 Å². The lowest BCUT2D eigenvalue weighted by atomic mass is 10.1. The fourth-order valence-corrected chi connectivity index (χ4v) is 3.05. The predicted molar refractivity (Wildman–Crippen MR) is 98.8 cm³/mol. The standard InChI is InChI=1S/C18H30N4O2/c1-5-15(13-23)21-8-10-22(11-9-21)18(24)19-17-7-6-16(20(3)4)12-14(17)2/h6-7,12,15,23H,5,8-11,13H2,1-4H3,(H,19,24). The van der Waals surface area contributed by atoms with Gasteiger partial charge in [-0.3, -0.25) is 4.90 Å². The largest absolute Gasteiger partial charge is 0.395 e. The SMILES string of the molecule is CCC(CO)N1CCN(C(=O)Nc2ccc(N(C)C)cc2C)CC1. The van der Waals surface area contributed by atoms with Gasteiger partial charge in [-0.15, -0.1) is 0 Å². The van der Waals surface area contributed by atoms with E-state index in [1.807, 2.05) is 43.0 Å². The molecule has 1 aliphatic heterocycles. The minimum Gasteiger partial charge on any atom is -0.395 e. The summed E-state index contributed by atoms with van der Waals surface area (Å²) in [5.41, 5.74) is 3.03. The van der Waals surface area contributed by atoms with Crippen molar-refractivity contribution in [1.29, 1.82) is 0 Å². The van der Waals surface area contributed by atoms with Gasteiger partial charge in [0.15, 0.2) is 0 Å². The van der Waals surface area contributed by atoms with Gasteiger partial charge in [-0.1, -0.05) is 6.92 Å². The van der Waals surface area contributed by atoms with Crippen molar-refractivity contribution in [3.05, 3.63) is 23.8 Å². The Hall–Kier alpha value is -1.79. The number of carbonyl (C=O) groups excluding carboxylic acids is 1. The Bertz CT molecular complexity index is 550. The summed E-state index contributed by atoms with van der Waals surface area (Å²) in [6, 6.07) is 6.19. The number of aliphatic hydroxyl groups is 1. The van der Waals surface area contributed by atoms with Crippen molar-refractivity contribution in [3.63, 3.8) is 0 Å². The molecule has 134 valence electrons. The molecule has 0 aromatic heterocycles. The van der Waals surface area contributed by atoms with Gasteiger partial charge in [0.25, 0.3) is 0 Å². The number of piperazine rings is 1. The number of amides is 2. The lowest BCUT2D eigenvalue weighted by molar-refractivity contribution is 0.0766. The number of anilines is 2. The van der Waals surface area contributed by atoms with Gasteiger partial charge in [-0.25, -0.2) is 4.79 Å². The van der Waals surface area contributed by atoms with Crippen LogP contribution in [0.4, 0.5) is 16.2 Å². The molecule has 1 saturated heterocycles. The Morgan fingerprint density at radius 3 is 2.46 bits per heavy atom. The van der Waals surface area contributed by atoms with E-state index in [0.29, 0.717) is 13.1 Å². The van der Waals surface area contributed by atoms with Crippen molar-refractivity contribution in [1.82, 2.24) is 9.80 Å². The van der Waals surface area contributed by atoms with E-state index in [0.717, 1.165) is 36.4 Å². The maximum absolute atomic E-state index is 12.5. The van der Waals surface area contributed by atoms with E-state index in [4.69, 9.17) is 0 Å². The molecule has 1 aromatic rings. The van der Waals surface area contributed by atoms with E-state index in [2.05, 4.69) is 23.2 Å². The summed E-state index contributed by atoms with van der Waals surface area (Å²) in [6.07, 6.45) is 0.931. The molecular formula is C18H30N4O2. The van der Waals surface area contributed by atoms with Crippen molar-refractivity contribution < 1.29 is 9.90 Å². The van der Waals surface area contributed by atoms with Crippen LogP contribution in [0.25, 0.3) is 0 Å². The van der Waals surface area contributed by atoms with Crippen LogP contribution < -0.4 is 10.2 Å². The molecule has 0 spiro atoms. The quantitative estimate of drug-likeness (QED) is 0.864. The molecule has 1 aromatic carbocycles. The van der Waals surface area contributed by atoms with Crippen LogP contribution in [0.15, 0.2) is 18.2 Å². The summed E-state index contributed by atoms with van der Waals surface area (Å²) in [7, 11) is 4.00. The van der Waals surface area contributed by atoms with Crippen LogP contribution in [-0.2, 0) is 0 Å². The summed E-state index contributed by atoms with van der Waals surface area (Å²) in [5, 5.41) is 12.4. The number of benzene rings is 1. The van der Waals surface area contributed by atoms with Crippen LogP contribution in [0.2, 0.25) is 0 Å². The Balaban J connectivity index is 1.92. The monoisotopic (exact) mass is 334 g/mol. The first kappa shape index (κ1) is 18.5. The lowest BCUT2D eigenvalue weighted by Gasteiger charge is -2.38. The van der Waals surface area contributed by atoms with Crippen molar-refractivity contribution in [3.8, 4) is 0 Å². The molecule has 1 atom stereocenters. The summed E-state index contributed by atoms with van der Waals surface area (Å²) in [4.78, 5) is 18.6. The van der Waals surface area contributed by atoms with Crippen LogP contribution in [0.1, 0.15) is 18.9 Å². The molecule has 2 N–H and O–H groups in total. The molecule has 0 radical (unpaired) electrons. The highest BCUT2D eigenvalue weighted by molar-refractivity contribution is 5.90. The van der Waals surface area contributed by atoms with Gasteiger partial charge >= 0.3 is 6.03 Å². The van der Waals surface area contributed by atoms with Crippen LogP contribution >= 0.6 is 0 Å². The summed E-state index contributed by atoms with van der Waals surface area (Å²) in [6.45, 7) is 7.28. The third-order valence-electron chi connectivity index (χ3n) is 4.77. The average molecular weight is 334 g/mol. The van der Waals surface area contributed by atoms with Gasteiger partial charge in [0.05, 0.1) is 6.61 Å². The van der Waals surface area contributed by atoms with Gasteiger partial charge in [-0.05, 0) is 37.1 Å². The van der Waals surface area contributed by atoms with Crippen LogP contribution in [0.5, 0.6) is 0 Å². The average Bonchev–Trinajstić information content (AvgIpc) is 2.58. The number of hydrogen-bond donors (Lipinski definition) is 2. The van der Waals surface area contributed by atoms with Crippen LogP contribution in [0.3, 0.4) is 0 Å². The van der Waals surface area contributed by atoms with E-state index in [-0.39, 0.29) is 18.7 Å². The summed E-state index contributed by atoms with van der Waals surface area (Å²) < 4.78 is 0. The lowest BCUT2D eigenvalue weighted by Crippen LogP contribution is -2.53. The Labute approximate surface area is 145 Å². The van der Waals surface area contributed by atoms with E-state index in [1.165, 1.54) is 0 Å². The third kappa shape index (κ3) is 4.39. The molecule has 1 fully saturated rings. The second kappa shape index (κ2) is 8.35. The molecule has 24 heavy (non-hydrogen) atoms. The maximum Gasteiger partial charge on any atom is 0.321 e. The van der Waals surface area contributed by atoms with E-state index in [1.54, 1.807) is 0 Å². The zero-order valence-electron chi connectivity index (χ0n) is 15.2. The minimum atomic E-state index is -0.0487. The topological polar surface area (TPSA) is 59.1 Å². The molecule has 6 heteroatoms. The molecule has 6 nitrogen and oxygen atoms in total. The van der Waals surface area contributed by atoms with Crippen molar-refractivity contribution in [2.75, 3.05) is 57.1 Å². The van der Waals surface area contributed by atoms with Crippen molar-refractivity contribution in [2.45, 2.75) is 26.3 Å². The first-order chi connectivity index (χ1) is 11.5. The number of aryl methyl sites for hydroxylation is 1. The minimum absolute atomic E-state index is 0.0487. The molecule has 0 bridgehead atoms. The van der Waals surface area contributed by atoms with Gasteiger partial charge < -0.3 is 20.2 Å².